The molecule has 1 atom stereocenters. The second-order valence-corrected chi connectivity index (χ2v) is 4.24. The average Bonchev–Trinajstić information content (AvgIpc) is 2.38. The fourth-order valence-corrected chi connectivity index (χ4v) is 1.63. The Balaban J connectivity index is 2.83. The fraction of sp³-hybridized carbons (Fsp3) is 0.286. The number of hydrogen-bond donors (Lipinski definition) is 3. The summed E-state index contributed by atoms with van der Waals surface area (Å²) < 4.78 is 4.96. The molecule has 108 valence electrons. The van der Waals surface area contributed by atoms with Gasteiger partial charge in [-0.25, -0.2) is 9.59 Å². The van der Waals surface area contributed by atoms with Gasteiger partial charge in [0.15, 0.2) is 0 Å². The number of ether oxygens (including phenoxy) is 1. The van der Waals surface area contributed by atoms with Crippen molar-refractivity contribution in [1.29, 1.82) is 0 Å². The van der Waals surface area contributed by atoms with Gasteiger partial charge < -0.3 is 20.5 Å². The summed E-state index contributed by atoms with van der Waals surface area (Å²) in [5.74, 6) is -0.730. The van der Waals surface area contributed by atoms with E-state index in [4.69, 9.17) is 9.84 Å². The minimum absolute atomic E-state index is 0.0316. The molecule has 0 aliphatic rings. The summed E-state index contributed by atoms with van der Waals surface area (Å²) >= 11 is 0. The number of nitrogens with one attached hydrogen (secondary N) is 2. The van der Waals surface area contributed by atoms with Crippen molar-refractivity contribution in [1.82, 2.24) is 5.32 Å². The molecule has 0 spiro atoms. The number of methoxy groups -OCH3 is 1. The zero-order valence-corrected chi connectivity index (χ0v) is 11.5. The number of carboxylic acids is 1. The monoisotopic (exact) mass is 278 g/mol. The van der Waals surface area contributed by atoms with Gasteiger partial charge in [-0.05, 0) is 31.5 Å². The van der Waals surface area contributed by atoms with Gasteiger partial charge in [-0.2, -0.15) is 0 Å². The lowest BCUT2D eigenvalue weighted by Crippen LogP contribution is -2.36. The minimum atomic E-state index is -1.14. The van der Waals surface area contributed by atoms with Gasteiger partial charge in [-0.3, -0.25) is 0 Å². The van der Waals surface area contributed by atoms with Crippen LogP contribution in [0.1, 0.15) is 23.7 Å². The first-order valence-corrected chi connectivity index (χ1v) is 6.07. The number of anilines is 1. The lowest BCUT2D eigenvalue weighted by Gasteiger charge is -2.14. The van der Waals surface area contributed by atoms with Crippen molar-refractivity contribution in [3.05, 3.63) is 36.4 Å². The Hall–Kier alpha value is -2.50. The number of rotatable bonds is 6. The highest BCUT2D eigenvalue weighted by Gasteiger charge is 2.14. The molecule has 2 amide bonds. The molecule has 0 heterocycles. The molecule has 0 saturated carbocycles. The maximum atomic E-state index is 11.7. The molecular formula is C14H18N2O4. The zero-order chi connectivity index (χ0) is 15.1. The molecule has 0 saturated heterocycles. The minimum Gasteiger partial charge on any atom is -0.497 e. The van der Waals surface area contributed by atoms with Gasteiger partial charge in [-0.1, -0.05) is 6.08 Å². The van der Waals surface area contributed by atoms with Crippen LogP contribution in [0.3, 0.4) is 0 Å². The van der Waals surface area contributed by atoms with Crippen molar-refractivity contribution in [2.24, 2.45) is 0 Å². The summed E-state index contributed by atoms with van der Waals surface area (Å²) in [6, 6.07) is 3.87. The van der Waals surface area contributed by atoms with Crippen LogP contribution in [0, 0.1) is 0 Å². The van der Waals surface area contributed by atoms with Gasteiger partial charge in [0.25, 0.3) is 0 Å². The topological polar surface area (TPSA) is 87.7 Å². The van der Waals surface area contributed by atoms with E-state index in [-0.39, 0.29) is 17.3 Å². The van der Waals surface area contributed by atoms with E-state index in [2.05, 4.69) is 17.2 Å². The molecule has 0 aliphatic heterocycles. The molecular weight excluding hydrogens is 260 g/mol. The van der Waals surface area contributed by atoms with Crippen LogP contribution in [0.15, 0.2) is 30.9 Å². The highest BCUT2D eigenvalue weighted by atomic mass is 16.5. The number of benzene rings is 1. The summed E-state index contributed by atoms with van der Waals surface area (Å²) in [5.41, 5.74) is 0.178. The summed E-state index contributed by atoms with van der Waals surface area (Å²) in [4.78, 5) is 22.9. The summed E-state index contributed by atoms with van der Waals surface area (Å²) in [7, 11) is 1.44. The number of hydrogen-bond acceptors (Lipinski definition) is 3. The first-order valence-electron chi connectivity index (χ1n) is 6.07. The Kier molecular flexibility index (Phi) is 5.58. The first-order chi connectivity index (χ1) is 9.47. The molecule has 20 heavy (non-hydrogen) atoms. The van der Waals surface area contributed by atoms with Gasteiger partial charge in [0.05, 0.1) is 18.4 Å². The lowest BCUT2D eigenvalue weighted by molar-refractivity contribution is 0.0697. The molecule has 1 rings (SSSR count). The van der Waals surface area contributed by atoms with Crippen LogP contribution in [-0.2, 0) is 0 Å². The van der Waals surface area contributed by atoms with E-state index in [1.54, 1.807) is 12.1 Å². The van der Waals surface area contributed by atoms with Gasteiger partial charge in [0.1, 0.15) is 5.75 Å². The zero-order valence-electron chi connectivity index (χ0n) is 11.5. The highest BCUT2D eigenvalue weighted by molar-refractivity contribution is 6.00. The molecule has 1 unspecified atom stereocenters. The standard InChI is InChI=1S/C14H18N2O4/c1-4-5-9(2)15-14(19)16-12-7-6-10(20-3)8-11(12)13(17)18/h4,6-9H,1,5H2,2-3H3,(H,17,18)(H2,15,16,19). The molecule has 0 aromatic heterocycles. The van der Waals surface area contributed by atoms with E-state index in [0.29, 0.717) is 12.2 Å². The van der Waals surface area contributed by atoms with Crippen LogP contribution in [-0.4, -0.2) is 30.3 Å². The van der Waals surface area contributed by atoms with Gasteiger partial charge in [-0.15, -0.1) is 6.58 Å². The Morgan fingerprint density at radius 3 is 2.75 bits per heavy atom. The number of aromatic carboxylic acids is 1. The molecule has 3 N–H and O–H groups in total. The van der Waals surface area contributed by atoms with Crippen molar-refractivity contribution >= 4 is 17.7 Å². The average molecular weight is 278 g/mol. The van der Waals surface area contributed by atoms with E-state index in [9.17, 15) is 9.59 Å². The van der Waals surface area contributed by atoms with Gasteiger partial charge >= 0.3 is 12.0 Å². The molecule has 0 fully saturated rings. The van der Waals surface area contributed by atoms with E-state index in [0.717, 1.165) is 0 Å². The molecule has 0 radical (unpaired) electrons. The van der Waals surface area contributed by atoms with Crippen LogP contribution < -0.4 is 15.4 Å². The second kappa shape index (κ2) is 7.18. The van der Waals surface area contributed by atoms with E-state index >= 15 is 0 Å². The normalized spacial score (nSPS) is 11.3. The van der Waals surface area contributed by atoms with Crippen molar-refractivity contribution in [2.45, 2.75) is 19.4 Å². The Morgan fingerprint density at radius 2 is 2.20 bits per heavy atom. The van der Waals surface area contributed by atoms with Crippen LogP contribution in [0.25, 0.3) is 0 Å². The SMILES string of the molecule is C=CCC(C)NC(=O)Nc1ccc(OC)cc1C(=O)O. The number of carbonyl (C=O) groups is 2. The third-order valence-electron chi connectivity index (χ3n) is 2.60. The Labute approximate surface area is 117 Å². The first kappa shape index (κ1) is 15.6. The highest BCUT2D eigenvalue weighted by Crippen LogP contribution is 2.22. The van der Waals surface area contributed by atoms with Crippen molar-refractivity contribution in [3.8, 4) is 5.75 Å². The van der Waals surface area contributed by atoms with Crippen LogP contribution in [0.4, 0.5) is 10.5 Å². The van der Waals surface area contributed by atoms with E-state index in [1.165, 1.54) is 19.2 Å². The van der Waals surface area contributed by atoms with Crippen LogP contribution >= 0.6 is 0 Å². The van der Waals surface area contributed by atoms with Crippen LogP contribution in [0.2, 0.25) is 0 Å². The third-order valence-corrected chi connectivity index (χ3v) is 2.60. The summed E-state index contributed by atoms with van der Waals surface area (Å²) in [5, 5.41) is 14.3. The third kappa shape index (κ3) is 4.31. The smallest absolute Gasteiger partial charge is 0.337 e. The molecule has 1 aromatic carbocycles. The van der Waals surface area contributed by atoms with E-state index in [1.807, 2.05) is 6.92 Å². The quantitative estimate of drug-likeness (QED) is 0.697. The predicted molar refractivity (Wildman–Crippen MR) is 76.4 cm³/mol. The van der Waals surface area contributed by atoms with E-state index < -0.39 is 12.0 Å². The number of carboxylic acid groups (broad SMARTS) is 1. The lowest BCUT2D eigenvalue weighted by atomic mass is 10.1. The van der Waals surface area contributed by atoms with Crippen molar-refractivity contribution in [2.75, 3.05) is 12.4 Å². The molecule has 6 heteroatoms. The predicted octanol–water partition coefficient (Wildman–Crippen LogP) is 2.48. The molecule has 1 aromatic rings. The number of carbonyl (C=O) groups excluding carboxylic acids is 1. The summed E-state index contributed by atoms with van der Waals surface area (Å²) in [6.07, 6.45) is 2.32. The summed E-state index contributed by atoms with van der Waals surface area (Å²) in [6.45, 7) is 5.41. The Bertz CT molecular complexity index is 514. The van der Waals surface area contributed by atoms with Crippen LogP contribution in [0.5, 0.6) is 5.75 Å². The van der Waals surface area contributed by atoms with Gasteiger partial charge in [0.2, 0.25) is 0 Å². The maximum absolute atomic E-state index is 11.7. The molecule has 0 bridgehead atoms. The Morgan fingerprint density at radius 1 is 1.50 bits per heavy atom. The van der Waals surface area contributed by atoms with Crippen molar-refractivity contribution < 1.29 is 19.4 Å². The number of urea groups is 1. The van der Waals surface area contributed by atoms with Gasteiger partial charge in [0, 0.05) is 6.04 Å². The molecule has 0 aliphatic carbocycles. The largest absolute Gasteiger partial charge is 0.497 e. The second-order valence-electron chi connectivity index (χ2n) is 4.24. The number of amides is 2. The molecule has 6 nitrogen and oxygen atoms in total. The fourth-order valence-electron chi connectivity index (χ4n) is 1.63. The maximum Gasteiger partial charge on any atom is 0.337 e. The van der Waals surface area contributed by atoms with Crippen molar-refractivity contribution in [3.63, 3.8) is 0 Å².